The van der Waals surface area contributed by atoms with Gasteiger partial charge in [0.25, 0.3) is 0 Å². The fourth-order valence-electron chi connectivity index (χ4n) is 3.75. The lowest BCUT2D eigenvalue weighted by Gasteiger charge is -2.17. The van der Waals surface area contributed by atoms with Crippen LogP contribution >= 0.6 is 0 Å². The first-order valence-electron chi connectivity index (χ1n) is 10.1. The Bertz CT molecular complexity index is 1420. The summed E-state index contributed by atoms with van der Waals surface area (Å²) in [5.41, 5.74) is 2.97. The summed E-state index contributed by atoms with van der Waals surface area (Å²) in [6.45, 7) is 0.344. The molecule has 2 heterocycles. The minimum Gasteiger partial charge on any atom is -0.493 e. The maximum Gasteiger partial charge on any atom is 0.335 e. The van der Waals surface area contributed by atoms with Gasteiger partial charge in [0.2, 0.25) is 5.88 Å². The quantitative estimate of drug-likeness (QED) is 0.360. The number of benzene rings is 3. The van der Waals surface area contributed by atoms with Crippen molar-refractivity contribution in [3.63, 3.8) is 0 Å². The van der Waals surface area contributed by atoms with Crippen molar-refractivity contribution in [2.75, 3.05) is 0 Å². The van der Waals surface area contributed by atoms with Gasteiger partial charge >= 0.3 is 5.97 Å². The van der Waals surface area contributed by atoms with Crippen LogP contribution < -0.4 is 0 Å². The first kappa shape index (κ1) is 19.7. The number of aromatic carboxylic acids is 1. The Balaban J connectivity index is 1.60. The van der Waals surface area contributed by atoms with Crippen molar-refractivity contribution < 1.29 is 19.7 Å². The van der Waals surface area contributed by atoms with Gasteiger partial charge in [0, 0.05) is 10.9 Å². The second kappa shape index (κ2) is 8.13. The van der Waals surface area contributed by atoms with Crippen LogP contribution in [0.5, 0.6) is 5.88 Å². The second-order valence-electron chi connectivity index (χ2n) is 7.41. The van der Waals surface area contributed by atoms with E-state index >= 15 is 0 Å². The van der Waals surface area contributed by atoms with E-state index in [-0.39, 0.29) is 11.4 Å². The van der Waals surface area contributed by atoms with Crippen LogP contribution in [0.25, 0.3) is 21.9 Å². The molecule has 1 unspecified atom stereocenters. The van der Waals surface area contributed by atoms with Crippen LogP contribution in [-0.2, 0) is 11.3 Å². The number of H-pyrrole nitrogens is 1. The maximum atomic E-state index is 11.3. The van der Waals surface area contributed by atoms with E-state index in [1.54, 1.807) is 6.07 Å². The minimum absolute atomic E-state index is 0.144. The first-order chi connectivity index (χ1) is 15.6. The zero-order chi connectivity index (χ0) is 22.1. The molecule has 0 spiro atoms. The second-order valence-corrected chi connectivity index (χ2v) is 7.41. The molecule has 3 aromatic carbocycles. The molecule has 7 heteroatoms. The predicted octanol–water partition coefficient (Wildman–Crippen LogP) is 4.82. The van der Waals surface area contributed by atoms with Crippen molar-refractivity contribution in [1.82, 2.24) is 15.0 Å². The standard InChI is InChI=1S/C25H19N3O4/c29-24-20-18-12-11-17(25(30)31)13-19(18)26-22(20)27-23(28-24)21(16-9-5-2-6-10-16)32-14-15-7-3-1-4-8-15/h1-13,21H,14H2,(H,30,31)(H2,26,27,28,29). The highest BCUT2D eigenvalue weighted by Gasteiger charge is 2.22. The Morgan fingerprint density at radius 1 is 0.969 bits per heavy atom. The molecule has 158 valence electrons. The number of aromatic nitrogens is 3. The number of nitrogens with zero attached hydrogens (tertiary/aromatic N) is 2. The molecule has 5 rings (SSSR count). The van der Waals surface area contributed by atoms with Gasteiger partial charge in [0.05, 0.1) is 17.6 Å². The van der Waals surface area contributed by atoms with Crippen LogP contribution in [0.3, 0.4) is 0 Å². The van der Waals surface area contributed by atoms with E-state index in [0.29, 0.717) is 34.4 Å². The van der Waals surface area contributed by atoms with Crippen LogP contribution in [-0.4, -0.2) is 31.1 Å². The number of aromatic hydroxyl groups is 1. The molecule has 5 aromatic rings. The van der Waals surface area contributed by atoms with E-state index in [2.05, 4.69) is 15.0 Å². The zero-order valence-corrected chi connectivity index (χ0v) is 16.9. The largest absolute Gasteiger partial charge is 0.493 e. The molecule has 7 nitrogen and oxygen atoms in total. The Morgan fingerprint density at radius 3 is 2.41 bits per heavy atom. The number of carbonyl (C=O) groups is 1. The van der Waals surface area contributed by atoms with Crippen molar-refractivity contribution in [3.05, 3.63) is 101 Å². The normalized spacial score (nSPS) is 12.2. The number of aromatic amines is 1. The number of carboxylic acid groups (broad SMARTS) is 1. The summed E-state index contributed by atoms with van der Waals surface area (Å²) in [5.74, 6) is -0.911. The van der Waals surface area contributed by atoms with Gasteiger partial charge in [-0.25, -0.2) is 9.78 Å². The molecule has 0 aliphatic rings. The highest BCUT2D eigenvalue weighted by Crippen LogP contribution is 2.34. The number of ether oxygens (including phenoxy) is 1. The molecule has 0 fully saturated rings. The first-order valence-corrected chi connectivity index (χ1v) is 10.1. The van der Waals surface area contributed by atoms with E-state index in [4.69, 9.17) is 4.74 Å². The van der Waals surface area contributed by atoms with Gasteiger partial charge in [-0.1, -0.05) is 66.7 Å². The molecule has 0 radical (unpaired) electrons. The van der Waals surface area contributed by atoms with Gasteiger partial charge in [-0.05, 0) is 23.3 Å². The number of nitrogens with one attached hydrogen (secondary N) is 1. The maximum absolute atomic E-state index is 11.3. The van der Waals surface area contributed by atoms with Crippen molar-refractivity contribution in [3.8, 4) is 5.88 Å². The molecule has 0 saturated carbocycles. The highest BCUT2D eigenvalue weighted by molar-refractivity contribution is 6.09. The van der Waals surface area contributed by atoms with Crippen LogP contribution in [0, 0.1) is 0 Å². The average Bonchev–Trinajstić information content (AvgIpc) is 3.19. The SMILES string of the molecule is O=C(O)c1ccc2c(c1)[nH]c1nc(C(OCc3ccccc3)c3ccccc3)nc(O)c12. The van der Waals surface area contributed by atoms with Gasteiger partial charge in [-0.15, -0.1) is 0 Å². The van der Waals surface area contributed by atoms with Crippen molar-refractivity contribution in [2.24, 2.45) is 0 Å². The topological polar surface area (TPSA) is 108 Å². The Morgan fingerprint density at radius 2 is 1.69 bits per heavy atom. The lowest BCUT2D eigenvalue weighted by Crippen LogP contribution is -2.10. The van der Waals surface area contributed by atoms with Crippen LogP contribution in [0.4, 0.5) is 0 Å². The summed E-state index contributed by atoms with van der Waals surface area (Å²) in [7, 11) is 0. The molecule has 1 atom stereocenters. The van der Waals surface area contributed by atoms with Gasteiger partial charge in [0.1, 0.15) is 11.8 Å². The summed E-state index contributed by atoms with van der Waals surface area (Å²) in [4.78, 5) is 23.4. The minimum atomic E-state index is -1.03. The monoisotopic (exact) mass is 425 g/mol. The third kappa shape index (κ3) is 3.66. The number of hydrogen-bond donors (Lipinski definition) is 3. The van der Waals surface area contributed by atoms with Crippen LogP contribution in [0.15, 0.2) is 78.9 Å². The summed E-state index contributed by atoms with van der Waals surface area (Å²) in [5, 5.41) is 21.1. The fraction of sp³-hybridized carbons (Fsp3) is 0.0800. The van der Waals surface area contributed by atoms with Gasteiger partial charge in [0.15, 0.2) is 5.82 Å². The Labute approximate surface area is 183 Å². The molecular formula is C25H19N3O4. The summed E-state index contributed by atoms with van der Waals surface area (Å²) in [6, 6.07) is 24.0. The van der Waals surface area contributed by atoms with Gasteiger partial charge < -0.3 is 19.9 Å². The summed E-state index contributed by atoms with van der Waals surface area (Å²) >= 11 is 0. The molecular weight excluding hydrogens is 406 g/mol. The van der Waals surface area contributed by atoms with Gasteiger partial charge in [-0.2, -0.15) is 4.98 Å². The van der Waals surface area contributed by atoms with E-state index in [1.807, 2.05) is 60.7 Å². The number of rotatable bonds is 6. The van der Waals surface area contributed by atoms with Crippen molar-refractivity contribution in [1.29, 1.82) is 0 Å². The lowest BCUT2D eigenvalue weighted by molar-refractivity contribution is 0.0609. The molecule has 2 aromatic heterocycles. The van der Waals surface area contributed by atoms with Crippen molar-refractivity contribution >= 4 is 27.9 Å². The highest BCUT2D eigenvalue weighted by atomic mass is 16.5. The molecule has 0 aliphatic carbocycles. The number of carboxylic acids is 1. The molecule has 0 amide bonds. The average molecular weight is 425 g/mol. The van der Waals surface area contributed by atoms with E-state index < -0.39 is 12.1 Å². The fourth-order valence-corrected chi connectivity index (χ4v) is 3.75. The summed E-state index contributed by atoms with van der Waals surface area (Å²) < 4.78 is 6.20. The summed E-state index contributed by atoms with van der Waals surface area (Å²) in [6.07, 6.45) is -0.604. The molecule has 0 bridgehead atoms. The predicted molar refractivity (Wildman–Crippen MR) is 120 cm³/mol. The number of hydrogen-bond acceptors (Lipinski definition) is 5. The molecule has 3 N–H and O–H groups in total. The van der Waals surface area contributed by atoms with E-state index in [9.17, 15) is 15.0 Å². The number of fused-ring (bicyclic) bond motifs is 3. The lowest BCUT2D eigenvalue weighted by atomic mass is 10.1. The molecule has 0 aliphatic heterocycles. The third-order valence-corrected chi connectivity index (χ3v) is 5.29. The van der Waals surface area contributed by atoms with E-state index in [1.165, 1.54) is 12.1 Å². The van der Waals surface area contributed by atoms with Gasteiger partial charge in [-0.3, -0.25) is 0 Å². The third-order valence-electron chi connectivity index (χ3n) is 5.29. The molecule has 32 heavy (non-hydrogen) atoms. The van der Waals surface area contributed by atoms with E-state index in [0.717, 1.165) is 11.1 Å². The molecule has 0 saturated heterocycles. The smallest absolute Gasteiger partial charge is 0.335 e. The zero-order valence-electron chi connectivity index (χ0n) is 16.9. The van der Waals surface area contributed by atoms with Crippen molar-refractivity contribution in [2.45, 2.75) is 12.7 Å². The van der Waals surface area contributed by atoms with Crippen LogP contribution in [0.1, 0.15) is 33.4 Å². The Hall–Kier alpha value is -4.23. The van der Waals surface area contributed by atoms with Crippen LogP contribution in [0.2, 0.25) is 0 Å². The Kier molecular flexibility index (Phi) is 5.01.